The maximum Gasteiger partial charge on any atom is 0.232 e. The average Bonchev–Trinajstić information content (AvgIpc) is 2.66. The van der Waals surface area contributed by atoms with Crippen LogP contribution in [0, 0.1) is 13.8 Å². The monoisotopic (exact) mass is 416 g/mol. The van der Waals surface area contributed by atoms with E-state index in [1.54, 1.807) is 0 Å². The van der Waals surface area contributed by atoms with Crippen LogP contribution in [0.1, 0.15) is 48.9 Å². The quantitative estimate of drug-likeness (QED) is 0.649. The van der Waals surface area contributed by atoms with Crippen molar-refractivity contribution in [3.63, 3.8) is 0 Å². The zero-order valence-corrected chi connectivity index (χ0v) is 18.9. The molecule has 2 aromatic rings. The molecular weight excluding hydrogens is 384 g/mol. The van der Waals surface area contributed by atoms with Crippen LogP contribution < -0.4 is 9.62 Å². The molecule has 2 aromatic carbocycles. The highest BCUT2D eigenvalue weighted by molar-refractivity contribution is 7.92. The van der Waals surface area contributed by atoms with Gasteiger partial charge >= 0.3 is 0 Å². The normalized spacial score (nSPS) is 11.3. The number of hydrogen-bond acceptors (Lipinski definition) is 3. The van der Waals surface area contributed by atoms with E-state index < -0.39 is 10.0 Å². The lowest BCUT2D eigenvalue weighted by Crippen LogP contribution is -2.31. The Labute approximate surface area is 175 Å². The number of aryl methyl sites for hydroxylation is 4. The highest BCUT2D eigenvalue weighted by Crippen LogP contribution is 2.24. The molecule has 5 nitrogen and oxygen atoms in total. The molecular formula is C23H32N2O3S. The summed E-state index contributed by atoms with van der Waals surface area (Å²) < 4.78 is 26.0. The molecule has 29 heavy (non-hydrogen) atoms. The van der Waals surface area contributed by atoms with Gasteiger partial charge in [-0.1, -0.05) is 38.1 Å². The Hall–Kier alpha value is -2.34. The van der Waals surface area contributed by atoms with E-state index >= 15 is 0 Å². The number of nitrogens with one attached hydrogen (secondary N) is 1. The summed E-state index contributed by atoms with van der Waals surface area (Å²) in [6.07, 6.45) is 3.60. The Morgan fingerprint density at radius 2 is 1.62 bits per heavy atom. The number of rotatable bonds is 9. The van der Waals surface area contributed by atoms with Crippen molar-refractivity contribution < 1.29 is 13.2 Å². The van der Waals surface area contributed by atoms with E-state index in [9.17, 15) is 13.2 Å². The van der Waals surface area contributed by atoms with E-state index in [4.69, 9.17) is 0 Å². The zero-order chi connectivity index (χ0) is 21.6. The summed E-state index contributed by atoms with van der Waals surface area (Å²) in [6.45, 7) is 8.36. The fourth-order valence-corrected chi connectivity index (χ4v) is 4.31. The molecule has 2 rings (SSSR count). The molecule has 0 aliphatic heterocycles. The van der Waals surface area contributed by atoms with E-state index in [-0.39, 0.29) is 18.9 Å². The molecule has 0 spiro atoms. The van der Waals surface area contributed by atoms with Gasteiger partial charge in [0.25, 0.3) is 0 Å². The SMILES string of the molecule is CCc1cccc(CC)c1NC(=O)CCCN(c1ccc(C)c(C)c1)S(C)(=O)=O. The van der Waals surface area contributed by atoms with Crippen molar-refractivity contribution in [3.05, 3.63) is 58.7 Å². The van der Waals surface area contributed by atoms with Crippen LogP contribution in [0.15, 0.2) is 36.4 Å². The van der Waals surface area contributed by atoms with Crippen LogP contribution in [-0.4, -0.2) is 27.1 Å². The van der Waals surface area contributed by atoms with Crippen molar-refractivity contribution in [2.45, 2.75) is 53.4 Å². The molecule has 1 amide bonds. The molecule has 0 heterocycles. The molecule has 1 N–H and O–H groups in total. The van der Waals surface area contributed by atoms with Crippen LogP contribution in [0.5, 0.6) is 0 Å². The first kappa shape index (κ1) is 22.9. The smallest absolute Gasteiger partial charge is 0.232 e. The summed E-state index contributed by atoms with van der Waals surface area (Å²) in [6, 6.07) is 11.7. The van der Waals surface area contributed by atoms with Gasteiger partial charge in [0.15, 0.2) is 0 Å². The third kappa shape index (κ3) is 6.07. The molecule has 0 aromatic heterocycles. The molecule has 0 radical (unpaired) electrons. The first-order valence-electron chi connectivity index (χ1n) is 10.1. The maximum absolute atomic E-state index is 12.5. The van der Waals surface area contributed by atoms with Crippen LogP contribution in [0.3, 0.4) is 0 Å². The van der Waals surface area contributed by atoms with Gasteiger partial charge in [-0.05, 0) is 67.5 Å². The summed E-state index contributed by atoms with van der Waals surface area (Å²) in [5.41, 5.74) is 5.92. The lowest BCUT2D eigenvalue weighted by atomic mass is 10.0. The van der Waals surface area contributed by atoms with Gasteiger partial charge in [-0.25, -0.2) is 8.42 Å². The molecule has 0 unspecified atom stereocenters. The van der Waals surface area contributed by atoms with E-state index in [0.29, 0.717) is 12.1 Å². The molecule has 0 saturated heterocycles. The lowest BCUT2D eigenvalue weighted by Gasteiger charge is -2.23. The minimum absolute atomic E-state index is 0.0888. The number of sulfonamides is 1. The highest BCUT2D eigenvalue weighted by Gasteiger charge is 2.18. The Morgan fingerprint density at radius 3 is 2.14 bits per heavy atom. The van der Waals surface area contributed by atoms with E-state index in [0.717, 1.165) is 40.8 Å². The number of carbonyl (C=O) groups is 1. The van der Waals surface area contributed by atoms with Gasteiger partial charge in [-0.3, -0.25) is 9.10 Å². The van der Waals surface area contributed by atoms with Crippen molar-refractivity contribution in [1.82, 2.24) is 0 Å². The second kappa shape index (κ2) is 9.92. The number of carbonyl (C=O) groups excluding carboxylic acids is 1. The van der Waals surface area contributed by atoms with Gasteiger partial charge in [0.2, 0.25) is 15.9 Å². The Balaban J connectivity index is 2.07. The standard InChI is InChI=1S/C23H32N2O3S/c1-6-19-10-8-11-20(7-2)23(19)24-22(26)12-9-15-25(29(5,27)28)21-14-13-17(3)18(4)16-21/h8,10-11,13-14,16H,6-7,9,12,15H2,1-5H3,(H,24,26). The number of hydrogen-bond donors (Lipinski definition) is 1. The van der Waals surface area contributed by atoms with Crippen molar-refractivity contribution in [1.29, 1.82) is 0 Å². The van der Waals surface area contributed by atoms with Gasteiger partial charge < -0.3 is 5.32 Å². The summed E-state index contributed by atoms with van der Waals surface area (Å²) in [7, 11) is -3.42. The van der Waals surface area contributed by atoms with Gasteiger partial charge in [0, 0.05) is 18.7 Å². The minimum atomic E-state index is -3.42. The van der Waals surface area contributed by atoms with Crippen LogP contribution in [0.2, 0.25) is 0 Å². The first-order chi connectivity index (χ1) is 13.7. The molecule has 6 heteroatoms. The predicted octanol–water partition coefficient (Wildman–Crippen LogP) is 4.61. The predicted molar refractivity (Wildman–Crippen MR) is 121 cm³/mol. The summed E-state index contributed by atoms with van der Waals surface area (Å²) in [5, 5.41) is 3.04. The van der Waals surface area contributed by atoms with Gasteiger partial charge in [0.1, 0.15) is 0 Å². The van der Waals surface area contributed by atoms with Gasteiger partial charge in [0.05, 0.1) is 11.9 Å². The third-order valence-corrected chi connectivity index (χ3v) is 6.40. The van der Waals surface area contributed by atoms with E-state index in [1.165, 1.54) is 10.6 Å². The Morgan fingerprint density at radius 1 is 1.00 bits per heavy atom. The fraction of sp³-hybridized carbons (Fsp3) is 0.435. The Bertz CT molecular complexity index is 946. The van der Waals surface area contributed by atoms with E-state index in [2.05, 4.69) is 19.2 Å². The molecule has 0 bridgehead atoms. The number of para-hydroxylation sites is 1. The largest absolute Gasteiger partial charge is 0.326 e. The zero-order valence-electron chi connectivity index (χ0n) is 18.1. The van der Waals surface area contributed by atoms with Gasteiger partial charge in [-0.2, -0.15) is 0 Å². The molecule has 158 valence electrons. The maximum atomic E-state index is 12.5. The fourth-order valence-electron chi connectivity index (χ4n) is 3.36. The highest BCUT2D eigenvalue weighted by atomic mass is 32.2. The van der Waals surface area contributed by atoms with Crippen molar-refractivity contribution >= 4 is 27.3 Å². The summed E-state index contributed by atoms with van der Waals surface area (Å²) in [5.74, 6) is -0.0888. The second-order valence-corrected chi connectivity index (χ2v) is 9.32. The van der Waals surface area contributed by atoms with E-state index in [1.807, 2.05) is 50.2 Å². The molecule has 0 fully saturated rings. The summed E-state index contributed by atoms with van der Waals surface area (Å²) >= 11 is 0. The van der Waals surface area contributed by atoms with Crippen LogP contribution in [0.25, 0.3) is 0 Å². The first-order valence-corrected chi connectivity index (χ1v) is 12.0. The van der Waals surface area contributed by atoms with Crippen LogP contribution >= 0.6 is 0 Å². The third-order valence-electron chi connectivity index (χ3n) is 5.21. The van der Waals surface area contributed by atoms with Gasteiger partial charge in [-0.15, -0.1) is 0 Å². The molecule has 0 aliphatic rings. The minimum Gasteiger partial charge on any atom is -0.326 e. The van der Waals surface area contributed by atoms with Crippen LogP contribution in [-0.2, 0) is 27.7 Å². The number of nitrogens with zero attached hydrogens (tertiary/aromatic N) is 1. The van der Waals surface area contributed by atoms with Crippen LogP contribution in [0.4, 0.5) is 11.4 Å². The lowest BCUT2D eigenvalue weighted by molar-refractivity contribution is -0.116. The molecule has 0 aliphatic carbocycles. The topological polar surface area (TPSA) is 66.5 Å². The number of anilines is 2. The molecule has 0 saturated carbocycles. The number of amides is 1. The van der Waals surface area contributed by atoms with Crippen molar-refractivity contribution in [2.24, 2.45) is 0 Å². The van der Waals surface area contributed by atoms with Crippen molar-refractivity contribution in [2.75, 3.05) is 22.4 Å². The number of benzene rings is 2. The second-order valence-electron chi connectivity index (χ2n) is 7.41. The van der Waals surface area contributed by atoms with Crippen molar-refractivity contribution in [3.8, 4) is 0 Å². The average molecular weight is 417 g/mol. The summed E-state index contributed by atoms with van der Waals surface area (Å²) in [4.78, 5) is 12.5. The Kier molecular flexibility index (Phi) is 7.85. The molecule has 0 atom stereocenters.